The molecule has 1 unspecified atom stereocenters. The molecule has 1 fully saturated rings. The van der Waals surface area contributed by atoms with E-state index in [1.54, 1.807) is 29.2 Å². The van der Waals surface area contributed by atoms with Crippen LogP contribution in [0.2, 0.25) is 5.02 Å². The van der Waals surface area contributed by atoms with Gasteiger partial charge in [0.1, 0.15) is 6.10 Å². The fraction of sp³-hybridized carbons (Fsp3) is 0.261. The Kier molecular flexibility index (Phi) is 5.76. The van der Waals surface area contributed by atoms with Gasteiger partial charge in [0.2, 0.25) is 11.8 Å². The molecule has 1 aliphatic rings. The summed E-state index contributed by atoms with van der Waals surface area (Å²) in [4.78, 5) is 31.0. The van der Waals surface area contributed by atoms with E-state index in [0.29, 0.717) is 29.6 Å². The van der Waals surface area contributed by atoms with Crippen molar-refractivity contribution in [1.82, 2.24) is 9.88 Å². The van der Waals surface area contributed by atoms with Crippen LogP contribution in [0.5, 0.6) is 5.88 Å². The van der Waals surface area contributed by atoms with Crippen LogP contribution in [0.3, 0.4) is 0 Å². The number of nitrogens with zero attached hydrogens (tertiary/aromatic N) is 2. The topological polar surface area (TPSA) is 59.5 Å². The molecule has 0 spiro atoms. The van der Waals surface area contributed by atoms with Crippen LogP contribution in [-0.4, -0.2) is 40.8 Å². The normalized spacial score (nSPS) is 16.2. The number of para-hydroxylation sites is 1. The lowest BCUT2D eigenvalue weighted by atomic mass is 10.1. The van der Waals surface area contributed by atoms with E-state index in [4.69, 9.17) is 16.3 Å². The van der Waals surface area contributed by atoms with Crippen molar-refractivity contribution >= 4 is 34.2 Å². The number of aromatic nitrogens is 1. The Morgan fingerprint density at radius 3 is 2.66 bits per heavy atom. The Labute approximate surface area is 174 Å². The number of hydrogen-bond donors (Lipinski definition) is 0. The number of Topliss-reactive ketones (excluding diaryl/α,β-unsaturated/α-hetero) is 1. The zero-order valence-electron chi connectivity index (χ0n) is 15.9. The van der Waals surface area contributed by atoms with Crippen LogP contribution in [0.4, 0.5) is 0 Å². The molecule has 1 aliphatic heterocycles. The van der Waals surface area contributed by atoms with Gasteiger partial charge in [0.25, 0.3) is 0 Å². The lowest BCUT2D eigenvalue weighted by Gasteiger charge is -2.17. The molecule has 1 aromatic heterocycles. The number of rotatable bonds is 6. The largest absolute Gasteiger partial charge is 0.472 e. The Balaban J connectivity index is 1.28. The van der Waals surface area contributed by atoms with E-state index in [-0.39, 0.29) is 30.6 Å². The molecule has 0 N–H and O–H groups in total. The van der Waals surface area contributed by atoms with Crippen LogP contribution in [0, 0.1) is 0 Å². The van der Waals surface area contributed by atoms with Gasteiger partial charge >= 0.3 is 0 Å². The minimum absolute atomic E-state index is 0.0233. The zero-order valence-corrected chi connectivity index (χ0v) is 16.6. The maximum atomic E-state index is 12.5. The highest BCUT2D eigenvalue weighted by Gasteiger charge is 2.28. The van der Waals surface area contributed by atoms with Gasteiger partial charge in [0.15, 0.2) is 5.78 Å². The van der Waals surface area contributed by atoms with Gasteiger partial charge in [-0.05, 0) is 36.4 Å². The monoisotopic (exact) mass is 408 g/mol. The molecular weight excluding hydrogens is 388 g/mol. The summed E-state index contributed by atoms with van der Waals surface area (Å²) < 4.78 is 5.99. The molecule has 0 radical (unpaired) electrons. The van der Waals surface area contributed by atoms with Crippen molar-refractivity contribution in [2.75, 3.05) is 13.1 Å². The van der Waals surface area contributed by atoms with E-state index < -0.39 is 0 Å². The molecule has 1 atom stereocenters. The second-order valence-electron chi connectivity index (χ2n) is 7.14. The first-order valence-corrected chi connectivity index (χ1v) is 10.1. The van der Waals surface area contributed by atoms with Crippen LogP contribution < -0.4 is 4.74 Å². The van der Waals surface area contributed by atoms with E-state index in [9.17, 15) is 9.59 Å². The number of carbonyl (C=O) groups excluding carboxylic acids is 2. The van der Waals surface area contributed by atoms with Crippen LogP contribution in [-0.2, 0) is 4.79 Å². The second kappa shape index (κ2) is 8.62. The number of halogens is 1. The fourth-order valence-corrected chi connectivity index (χ4v) is 3.62. The maximum absolute atomic E-state index is 12.5. The molecule has 0 aliphatic carbocycles. The smallest absolute Gasteiger partial charge is 0.223 e. The van der Waals surface area contributed by atoms with Crippen LogP contribution in [0.15, 0.2) is 60.7 Å². The van der Waals surface area contributed by atoms with E-state index in [1.807, 2.05) is 36.4 Å². The standard InChI is InChI=1S/C23H21ClN2O3/c24-18-8-5-17(6-9-18)21(27)10-12-23(28)26-14-13-19(15-26)29-22-11-7-16-3-1-2-4-20(16)25-22/h1-9,11,19H,10,12-15H2. The second-order valence-corrected chi connectivity index (χ2v) is 7.58. The molecule has 0 bridgehead atoms. The number of amides is 1. The number of carbonyl (C=O) groups is 2. The van der Waals surface area contributed by atoms with Crippen LogP contribution >= 0.6 is 11.6 Å². The van der Waals surface area contributed by atoms with E-state index in [1.165, 1.54) is 0 Å². The number of ether oxygens (including phenoxy) is 1. The SMILES string of the molecule is O=C(CCC(=O)N1CCC(Oc2ccc3ccccc3n2)C1)c1ccc(Cl)cc1. The average molecular weight is 409 g/mol. The van der Waals surface area contributed by atoms with Gasteiger partial charge in [-0.3, -0.25) is 9.59 Å². The van der Waals surface area contributed by atoms with Crippen molar-refractivity contribution in [3.8, 4) is 5.88 Å². The van der Waals surface area contributed by atoms with Gasteiger partial charge in [-0.1, -0.05) is 29.8 Å². The predicted molar refractivity (Wildman–Crippen MR) is 112 cm³/mol. The summed E-state index contributed by atoms with van der Waals surface area (Å²) in [5.74, 6) is 0.494. The average Bonchev–Trinajstić information content (AvgIpc) is 3.21. The van der Waals surface area contributed by atoms with Crippen molar-refractivity contribution in [1.29, 1.82) is 0 Å². The summed E-state index contributed by atoms with van der Waals surface area (Å²) in [5.41, 5.74) is 1.46. The Hall–Kier alpha value is -2.92. The molecule has 1 amide bonds. The highest BCUT2D eigenvalue weighted by atomic mass is 35.5. The van der Waals surface area contributed by atoms with Crippen molar-refractivity contribution in [3.05, 3.63) is 71.2 Å². The first-order chi connectivity index (χ1) is 14.1. The molecule has 3 aromatic rings. The van der Waals surface area contributed by atoms with E-state index in [2.05, 4.69) is 4.98 Å². The van der Waals surface area contributed by atoms with Gasteiger partial charge in [-0.2, -0.15) is 0 Å². The Morgan fingerprint density at radius 2 is 1.83 bits per heavy atom. The van der Waals surface area contributed by atoms with Crippen molar-refractivity contribution in [2.45, 2.75) is 25.4 Å². The molecule has 2 aromatic carbocycles. The summed E-state index contributed by atoms with van der Waals surface area (Å²) in [6.45, 7) is 1.15. The van der Waals surface area contributed by atoms with Gasteiger partial charge in [0, 0.05) is 47.8 Å². The molecule has 4 rings (SSSR count). The van der Waals surface area contributed by atoms with Gasteiger partial charge in [0.05, 0.1) is 12.1 Å². The fourth-order valence-electron chi connectivity index (χ4n) is 3.49. The highest BCUT2D eigenvalue weighted by molar-refractivity contribution is 6.30. The Morgan fingerprint density at radius 1 is 1.03 bits per heavy atom. The zero-order chi connectivity index (χ0) is 20.2. The van der Waals surface area contributed by atoms with E-state index in [0.717, 1.165) is 17.3 Å². The lowest BCUT2D eigenvalue weighted by molar-refractivity contribution is -0.130. The summed E-state index contributed by atoms with van der Waals surface area (Å²) in [6.07, 6.45) is 1.06. The quantitative estimate of drug-likeness (QED) is 0.562. The third-order valence-corrected chi connectivity index (χ3v) is 5.34. The van der Waals surface area contributed by atoms with E-state index >= 15 is 0 Å². The lowest BCUT2D eigenvalue weighted by Crippen LogP contribution is -2.31. The molecule has 0 saturated carbocycles. The summed E-state index contributed by atoms with van der Waals surface area (Å²) in [5, 5.41) is 1.65. The summed E-state index contributed by atoms with van der Waals surface area (Å²) in [7, 11) is 0. The van der Waals surface area contributed by atoms with Crippen molar-refractivity contribution in [3.63, 3.8) is 0 Å². The van der Waals surface area contributed by atoms with Crippen molar-refractivity contribution < 1.29 is 14.3 Å². The minimum atomic E-state index is -0.0837. The third-order valence-electron chi connectivity index (χ3n) is 5.09. The molecule has 1 saturated heterocycles. The number of fused-ring (bicyclic) bond motifs is 1. The highest BCUT2D eigenvalue weighted by Crippen LogP contribution is 2.21. The molecular formula is C23H21ClN2O3. The first kappa shape index (κ1) is 19.4. The van der Waals surface area contributed by atoms with Crippen molar-refractivity contribution in [2.24, 2.45) is 0 Å². The number of benzene rings is 2. The van der Waals surface area contributed by atoms with Crippen LogP contribution in [0.25, 0.3) is 10.9 Å². The number of pyridine rings is 1. The molecule has 2 heterocycles. The van der Waals surface area contributed by atoms with Gasteiger partial charge < -0.3 is 9.64 Å². The van der Waals surface area contributed by atoms with Gasteiger partial charge in [-0.15, -0.1) is 0 Å². The Bertz CT molecular complexity index is 1040. The minimum Gasteiger partial charge on any atom is -0.472 e. The van der Waals surface area contributed by atoms with Crippen LogP contribution in [0.1, 0.15) is 29.6 Å². The maximum Gasteiger partial charge on any atom is 0.223 e. The molecule has 148 valence electrons. The third kappa shape index (κ3) is 4.74. The number of ketones is 1. The molecule has 6 heteroatoms. The van der Waals surface area contributed by atoms with Gasteiger partial charge in [-0.25, -0.2) is 4.98 Å². The molecule has 5 nitrogen and oxygen atoms in total. The number of likely N-dealkylation sites (tertiary alicyclic amines) is 1. The predicted octanol–water partition coefficient (Wildman–Crippen LogP) is 4.53. The summed E-state index contributed by atoms with van der Waals surface area (Å²) in [6, 6.07) is 18.5. The molecule has 29 heavy (non-hydrogen) atoms. The number of hydrogen-bond acceptors (Lipinski definition) is 4. The first-order valence-electron chi connectivity index (χ1n) is 9.67. The summed E-state index contributed by atoms with van der Waals surface area (Å²) >= 11 is 5.84.